The number of rotatable bonds is 7. The standard InChI is InChI=1S/C24H27N3O5/c1-31-19-7-2-5-17(15-19)22(28)20-21(18-6-3-8-25-16-18)27(24(30)23(20)29)10-4-9-26-11-13-32-14-12-26/h2-3,5-8,15-16,21,28H,4,9-14H2,1H3/b22-20-. The second-order valence-electron chi connectivity index (χ2n) is 7.82. The van der Waals surface area contributed by atoms with Crippen molar-refractivity contribution in [2.45, 2.75) is 12.5 Å². The smallest absolute Gasteiger partial charge is 0.295 e. The van der Waals surface area contributed by atoms with Crippen LogP contribution in [0.5, 0.6) is 5.75 Å². The third-order valence-corrected chi connectivity index (χ3v) is 5.86. The normalized spacial score (nSPS) is 21.2. The summed E-state index contributed by atoms with van der Waals surface area (Å²) in [5, 5.41) is 11.1. The number of pyridine rings is 1. The average molecular weight is 437 g/mol. The van der Waals surface area contributed by atoms with Gasteiger partial charge in [-0.05, 0) is 30.2 Å². The molecule has 2 saturated heterocycles. The van der Waals surface area contributed by atoms with Crippen LogP contribution in [0.1, 0.15) is 23.6 Å². The molecule has 0 saturated carbocycles. The van der Waals surface area contributed by atoms with Gasteiger partial charge in [0.15, 0.2) is 0 Å². The minimum absolute atomic E-state index is 0.0719. The number of likely N-dealkylation sites (tertiary alicyclic amines) is 1. The van der Waals surface area contributed by atoms with Crippen LogP contribution in [0.15, 0.2) is 54.4 Å². The molecule has 1 amide bonds. The summed E-state index contributed by atoms with van der Waals surface area (Å²) in [6, 6.07) is 9.68. The van der Waals surface area contributed by atoms with Crippen LogP contribution >= 0.6 is 0 Å². The second kappa shape index (κ2) is 9.93. The highest BCUT2D eigenvalue weighted by atomic mass is 16.5. The van der Waals surface area contributed by atoms with Gasteiger partial charge in [-0.1, -0.05) is 18.2 Å². The van der Waals surface area contributed by atoms with Crippen LogP contribution in [0.2, 0.25) is 0 Å². The van der Waals surface area contributed by atoms with E-state index in [1.165, 1.54) is 7.11 Å². The van der Waals surface area contributed by atoms with E-state index in [1.54, 1.807) is 47.6 Å². The number of benzene rings is 1. The number of aromatic nitrogens is 1. The van der Waals surface area contributed by atoms with Gasteiger partial charge in [0.05, 0.1) is 31.9 Å². The zero-order valence-electron chi connectivity index (χ0n) is 18.1. The summed E-state index contributed by atoms with van der Waals surface area (Å²) >= 11 is 0. The molecule has 2 aliphatic rings. The first kappa shape index (κ1) is 22.0. The maximum absolute atomic E-state index is 13.0. The summed E-state index contributed by atoms with van der Waals surface area (Å²) in [5.41, 5.74) is 1.18. The number of ether oxygens (including phenoxy) is 2. The zero-order valence-corrected chi connectivity index (χ0v) is 18.1. The number of amides is 1. The lowest BCUT2D eigenvalue weighted by molar-refractivity contribution is -0.140. The highest BCUT2D eigenvalue weighted by molar-refractivity contribution is 6.46. The van der Waals surface area contributed by atoms with Gasteiger partial charge in [0.25, 0.3) is 11.7 Å². The third-order valence-electron chi connectivity index (χ3n) is 5.86. The molecule has 2 aromatic rings. The number of ketones is 1. The predicted molar refractivity (Wildman–Crippen MR) is 118 cm³/mol. The van der Waals surface area contributed by atoms with E-state index >= 15 is 0 Å². The van der Waals surface area contributed by atoms with Gasteiger partial charge in [-0.15, -0.1) is 0 Å². The summed E-state index contributed by atoms with van der Waals surface area (Å²) in [7, 11) is 1.53. The Balaban J connectivity index is 1.65. The molecule has 8 heteroatoms. The number of aliphatic hydroxyl groups is 1. The molecule has 1 aromatic heterocycles. The maximum atomic E-state index is 13.0. The van der Waals surface area contributed by atoms with Crippen molar-refractivity contribution in [3.63, 3.8) is 0 Å². The van der Waals surface area contributed by atoms with Crippen molar-refractivity contribution in [3.8, 4) is 5.75 Å². The van der Waals surface area contributed by atoms with Crippen molar-refractivity contribution in [1.82, 2.24) is 14.8 Å². The van der Waals surface area contributed by atoms with E-state index in [4.69, 9.17) is 9.47 Å². The fourth-order valence-electron chi connectivity index (χ4n) is 4.21. The Hall–Kier alpha value is -3.23. The summed E-state index contributed by atoms with van der Waals surface area (Å²) in [4.78, 5) is 34.0. The fourth-order valence-corrected chi connectivity index (χ4v) is 4.21. The molecule has 32 heavy (non-hydrogen) atoms. The Morgan fingerprint density at radius 1 is 1.19 bits per heavy atom. The van der Waals surface area contributed by atoms with Gasteiger partial charge >= 0.3 is 0 Å². The van der Waals surface area contributed by atoms with Gasteiger partial charge in [0, 0.05) is 44.1 Å². The predicted octanol–water partition coefficient (Wildman–Crippen LogP) is 2.23. The number of methoxy groups -OCH3 is 1. The molecule has 0 radical (unpaired) electrons. The van der Waals surface area contributed by atoms with E-state index in [0.29, 0.717) is 43.1 Å². The lowest BCUT2D eigenvalue weighted by atomic mass is 9.96. The average Bonchev–Trinajstić information content (AvgIpc) is 3.10. The van der Waals surface area contributed by atoms with Gasteiger partial charge in [-0.25, -0.2) is 0 Å². The Labute approximate surface area is 187 Å². The number of carbonyl (C=O) groups excluding carboxylic acids is 2. The van der Waals surface area contributed by atoms with Gasteiger partial charge in [0.1, 0.15) is 11.5 Å². The van der Waals surface area contributed by atoms with E-state index in [9.17, 15) is 14.7 Å². The highest BCUT2D eigenvalue weighted by Crippen LogP contribution is 2.39. The zero-order chi connectivity index (χ0) is 22.5. The SMILES string of the molecule is COc1cccc(/C(O)=C2/C(=O)C(=O)N(CCCN3CCOCC3)C2c2cccnc2)c1. The van der Waals surface area contributed by atoms with Crippen molar-refractivity contribution in [2.75, 3.05) is 46.5 Å². The van der Waals surface area contributed by atoms with Crippen LogP contribution in [0.3, 0.4) is 0 Å². The second-order valence-corrected chi connectivity index (χ2v) is 7.82. The molecule has 4 rings (SSSR count). The number of hydrogen-bond donors (Lipinski definition) is 1. The molecule has 0 spiro atoms. The first-order chi connectivity index (χ1) is 15.6. The molecule has 168 valence electrons. The number of nitrogens with zero attached hydrogens (tertiary/aromatic N) is 3. The van der Waals surface area contributed by atoms with Crippen molar-refractivity contribution >= 4 is 17.4 Å². The van der Waals surface area contributed by atoms with Crippen molar-refractivity contribution < 1.29 is 24.2 Å². The first-order valence-corrected chi connectivity index (χ1v) is 10.7. The van der Waals surface area contributed by atoms with Crippen LogP contribution in [0.4, 0.5) is 0 Å². The molecule has 3 heterocycles. The van der Waals surface area contributed by atoms with Crippen LogP contribution in [-0.4, -0.2) is 78.1 Å². The molecule has 8 nitrogen and oxygen atoms in total. The lowest BCUT2D eigenvalue weighted by Gasteiger charge is -2.29. The molecular formula is C24H27N3O5. The fraction of sp³-hybridized carbons (Fsp3) is 0.375. The number of Topliss-reactive ketones (excluding diaryl/α,β-unsaturated/α-hetero) is 1. The summed E-state index contributed by atoms with van der Waals surface area (Å²) in [6.45, 7) is 4.35. The van der Waals surface area contributed by atoms with Crippen LogP contribution in [-0.2, 0) is 14.3 Å². The lowest BCUT2D eigenvalue weighted by Crippen LogP contribution is -2.39. The number of carbonyl (C=O) groups is 2. The van der Waals surface area contributed by atoms with Gasteiger partial charge in [-0.3, -0.25) is 19.5 Å². The molecule has 2 fully saturated rings. The largest absolute Gasteiger partial charge is 0.507 e. The minimum atomic E-state index is -0.695. The van der Waals surface area contributed by atoms with Crippen molar-refractivity contribution in [2.24, 2.45) is 0 Å². The van der Waals surface area contributed by atoms with Crippen molar-refractivity contribution in [1.29, 1.82) is 0 Å². The molecule has 1 aromatic carbocycles. The van der Waals surface area contributed by atoms with Gasteiger partial charge in [-0.2, -0.15) is 0 Å². The Bertz CT molecular complexity index is 1000. The van der Waals surface area contributed by atoms with E-state index < -0.39 is 17.7 Å². The Morgan fingerprint density at radius 3 is 2.72 bits per heavy atom. The minimum Gasteiger partial charge on any atom is -0.507 e. The summed E-state index contributed by atoms with van der Waals surface area (Å²) in [5.74, 6) is -0.964. The topological polar surface area (TPSA) is 92.2 Å². The summed E-state index contributed by atoms with van der Waals surface area (Å²) < 4.78 is 10.6. The summed E-state index contributed by atoms with van der Waals surface area (Å²) in [6.07, 6.45) is 3.98. The highest BCUT2D eigenvalue weighted by Gasteiger charge is 2.45. The quantitative estimate of drug-likeness (QED) is 0.403. The van der Waals surface area contributed by atoms with Crippen LogP contribution in [0, 0.1) is 0 Å². The maximum Gasteiger partial charge on any atom is 0.295 e. The van der Waals surface area contributed by atoms with Gasteiger partial charge in [0.2, 0.25) is 0 Å². The van der Waals surface area contributed by atoms with Crippen LogP contribution < -0.4 is 4.74 Å². The molecule has 0 aliphatic carbocycles. The van der Waals surface area contributed by atoms with E-state index in [0.717, 1.165) is 19.6 Å². The van der Waals surface area contributed by atoms with Crippen molar-refractivity contribution in [3.05, 3.63) is 65.5 Å². The number of aliphatic hydroxyl groups excluding tert-OH is 1. The van der Waals surface area contributed by atoms with Gasteiger partial charge < -0.3 is 19.5 Å². The van der Waals surface area contributed by atoms with E-state index in [2.05, 4.69) is 9.88 Å². The van der Waals surface area contributed by atoms with E-state index in [-0.39, 0.29) is 11.3 Å². The monoisotopic (exact) mass is 437 g/mol. The molecule has 1 atom stereocenters. The molecule has 1 unspecified atom stereocenters. The molecule has 0 bridgehead atoms. The Morgan fingerprint density at radius 2 is 2.00 bits per heavy atom. The van der Waals surface area contributed by atoms with Crippen LogP contribution in [0.25, 0.3) is 5.76 Å². The molecule has 2 aliphatic heterocycles. The first-order valence-electron chi connectivity index (χ1n) is 10.7. The molecular weight excluding hydrogens is 410 g/mol. The molecule has 1 N–H and O–H groups in total. The number of morpholine rings is 1. The van der Waals surface area contributed by atoms with E-state index in [1.807, 2.05) is 6.07 Å². The third kappa shape index (κ3) is 4.51. The number of hydrogen-bond acceptors (Lipinski definition) is 7. The Kier molecular flexibility index (Phi) is 6.82.